The SMILES string of the molecule is C[NH+]1CCOCC1.N#CC(=C=[N-])C1=C(C#N)C2(CCCCC2)C(C#N)=C(N)N1. The van der Waals surface area contributed by atoms with Crippen LogP contribution in [-0.2, 0) is 4.74 Å². The van der Waals surface area contributed by atoms with Gasteiger partial charge in [0, 0.05) is 5.41 Å². The van der Waals surface area contributed by atoms with Crippen molar-refractivity contribution >= 4 is 5.87 Å². The van der Waals surface area contributed by atoms with Crippen molar-refractivity contribution in [3.63, 3.8) is 0 Å². The molecule has 0 aromatic rings. The summed E-state index contributed by atoms with van der Waals surface area (Å²) in [5.74, 6) is 1.92. The van der Waals surface area contributed by atoms with Crippen LogP contribution in [0.15, 0.2) is 28.2 Å². The summed E-state index contributed by atoms with van der Waals surface area (Å²) in [7, 11) is 2.20. The van der Waals surface area contributed by atoms with E-state index in [9.17, 15) is 10.5 Å². The molecular formula is C20H25N7O. The third-order valence-electron chi connectivity index (χ3n) is 5.49. The minimum atomic E-state index is -0.759. The van der Waals surface area contributed by atoms with Crippen molar-refractivity contribution in [1.82, 2.24) is 5.32 Å². The third-order valence-corrected chi connectivity index (χ3v) is 5.49. The summed E-state index contributed by atoms with van der Waals surface area (Å²) in [4.78, 5) is 1.59. The maximum Gasteiger partial charge on any atom is 0.116 e. The maximum absolute atomic E-state index is 9.57. The van der Waals surface area contributed by atoms with Crippen molar-refractivity contribution in [2.24, 2.45) is 11.1 Å². The first kappa shape index (κ1) is 21.2. The molecule has 8 heteroatoms. The largest absolute Gasteiger partial charge is 0.762 e. The van der Waals surface area contributed by atoms with Gasteiger partial charge in [0.2, 0.25) is 0 Å². The van der Waals surface area contributed by atoms with E-state index in [1.54, 1.807) is 16.8 Å². The molecule has 2 aliphatic heterocycles. The Kier molecular flexibility index (Phi) is 7.38. The summed E-state index contributed by atoms with van der Waals surface area (Å²) in [6.07, 6.45) is 4.06. The topological polar surface area (TPSA) is 145 Å². The molecule has 28 heavy (non-hydrogen) atoms. The highest BCUT2D eigenvalue weighted by atomic mass is 16.5. The van der Waals surface area contributed by atoms with Crippen LogP contribution in [-0.4, -0.2) is 39.2 Å². The van der Waals surface area contributed by atoms with Gasteiger partial charge in [0.25, 0.3) is 0 Å². The number of morpholine rings is 1. The number of allylic oxidation sites excluding steroid dienone is 3. The van der Waals surface area contributed by atoms with Crippen LogP contribution in [0.2, 0.25) is 0 Å². The standard InChI is InChI=1S/C15H13N6.C5H11NO/c16-6-10(7-17)13-11(8-18)15(4-2-1-3-5-15)12(9-19)14(20)21-13;1-6-2-4-7-5-3-6/h21H,1-5,20H2;2-5H2,1H3/q-1;/p+1. The molecule has 2 fully saturated rings. The molecule has 3 rings (SSSR count). The van der Waals surface area contributed by atoms with Crippen molar-refractivity contribution in [3.8, 4) is 18.2 Å². The predicted molar refractivity (Wildman–Crippen MR) is 103 cm³/mol. The lowest BCUT2D eigenvalue weighted by Gasteiger charge is -2.41. The zero-order chi connectivity index (χ0) is 20.6. The van der Waals surface area contributed by atoms with Gasteiger partial charge in [-0.25, -0.2) is 5.87 Å². The summed E-state index contributed by atoms with van der Waals surface area (Å²) in [6.45, 7) is 4.26. The van der Waals surface area contributed by atoms with E-state index in [2.05, 4.69) is 24.5 Å². The number of quaternary nitrogens is 1. The summed E-state index contributed by atoms with van der Waals surface area (Å²) in [5.41, 5.74) is 5.76. The first-order valence-corrected chi connectivity index (χ1v) is 9.42. The highest BCUT2D eigenvalue weighted by Crippen LogP contribution is 2.51. The Hall–Kier alpha value is -3.08. The smallest absolute Gasteiger partial charge is 0.116 e. The second-order valence-corrected chi connectivity index (χ2v) is 7.20. The van der Waals surface area contributed by atoms with Crippen molar-refractivity contribution in [3.05, 3.63) is 33.6 Å². The molecule has 0 aromatic heterocycles. The number of hydrogen-bond donors (Lipinski definition) is 3. The fourth-order valence-corrected chi connectivity index (χ4v) is 3.91. The number of nitrogens with one attached hydrogen (secondary N) is 2. The van der Waals surface area contributed by atoms with E-state index in [4.69, 9.17) is 21.1 Å². The Morgan fingerprint density at radius 3 is 2.14 bits per heavy atom. The lowest BCUT2D eigenvalue weighted by atomic mass is 9.63. The molecule has 4 N–H and O–H groups in total. The molecule has 146 valence electrons. The molecule has 8 nitrogen and oxygen atoms in total. The van der Waals surface area contributed by atoms with Gasteiger partial charge in [-0.2, -0.15) is 15.8 Å². The molecule has 1 saturated heterocycles. The van der Waals surface area contributed by atoms with Gasteiger partial charge in [-0.3, -0.25) is 0 Å². The quantitative estimate of drug-likeness (QED) is 0.439. The van der Waals surface area contributed by atoms with Gasteiger partial charge < -0.3 is 26.1 Å². The van der Waals surface area contributed by atoms with Crippen LogP contribution >= 0.6 is 0 Å². The zero-order valence-electron chi connectivity index (χ0n) is 16.1. The van der Waals surface area contributed by atoms with Crippen molar-refractivity contribution in [1.29, 1.82) is 15.8 Å². The van der Waals surface area contributed by atoms with Crippen LogP contribution < -0.4 is 16.0 Å². The molecule has 0 amide bonds. The van der Waals surface area contributed by atoms with E-state index < -0.39 is 5.41 Å². The normalized spacial score (nSPS) is 21.2. The average Bonchev–Trinajstić information content (AvgIpc) is 2.71. The third kappa shape index (κ3) is 4.25. The molecule has 0 aromatic carbocycles. The van der Waals surface area contributed by atoms with E-state index in [1.807, 2.05) is 0 Å². The molecule has 1 saturated carbocycles. The lowest BCUT2D eigenvalue weighted by Crippen LogP contribution is -3.11. The summed E-state index contributed by atoms with van der Waals surface area (Å²) in [5, 5.41) is 39.8. The van der Waals surface area contributed by atoms with Crippen LogP contribution in [0.25, 0.3) is 5.41 Å². The number of nitrogens with two attached hydrogens (primary N) is 1. The molecule has 0 unspecified atom stereocenters. The van der Waals surface area contributed by atoms with Crippen LogP contribution in [0.5, 0.6) is 0 Å². The van der Waals surface area contributed by atoms with Gasteiger partial charge in [0.05, 0.1) is 54.8 Å². The first-order valence-electron chi connectivity index (χ1n) is 9.42. The summed E-state index contributed by atoms with van der Waals surface area (Å²) < 4.78 is 5.12. The summed E-state index contributed by atoms with van der Waals surface area (Å²) >= 11 is 0. The van der Waals surface area contributed by atoms with Gasteiger partial charge in [-0.05, 0) is 12.8 Å². The van der Waals surface area contributed by atoms with Crippen molar-refractivity contribution in [2.45, 2.75) is 32.1 Å². The monoisotopic (exact) mass is 379 g/mol. The van der Waals surface area contributed by atoms with Gasteiger partial charge in [0.1, 0.15) is 25.0 Å². The van der Waals surface area contributed by atoms with Crippen LogP contribution in [0.1, 0.15) is 32.1 Å². The van der Waals surface area contributed by atoms with E-state index in [0.717, 1.165) is 32.5 Å². The van der Waals surface area contributed by atoms with Crippen molar-refractivity contribution < 1.29 is 9.64 Å². The molecule has 0 bridgehead atoms. The van der Waals surface area contributed by atoms with Crippen LogP contribution in [0, 0.1) is 39.4 Å². The lowest BCUT2D eigenvalue weighted by molar-refractivity contribution is -0.888. The summed E-state index contributed by atoms with van der Waals surface area (Å²) in [6, 6.07) is 5.99. The number of rotatable bonds is 1. The molecule has 0 atom stereocenters. The fraction of sp³-hybridized carbons (Fsp3) is 0.550. The zero-order valence-corrected chi connectivity index (χ0v) is 16.1. The Bertz CT molecular complexity index is 831. The number of dihydropyridines is 1. The number of ether oxygens (including phenoxy) is 1. The fourth-order valence-electron chi connectivity index (χ4n) is 3.91. The molecule has 0 radical (unpaired) electrons. The minimum absolute atomic E-state index is 0.136. The molecular weight excluding hydrogens is 354 g/mol. The van der Waals surface area contributed by atoms with Crippen LogP contribution in [0.4, 0.5) is 0 Å². The number of nitrogens with zero attached hydrogens (tertiary/aromatic N) is 4. The van der Waals surface area contributed by atoms with E-state index >= 15 is 0 Å². The predicted octanol–water partition coefficient (Wildman–Crippen LogP) is 0.232. The Labute approximate surface area is 165 Å². The minimum Gasteiger partial charge on any atom is -0.762 e. The second kappa shape index (κ2) is 9.74. The van der Waals surface area contributed by atoms with E-state index in [1.165, 1.54) is 13.1 Å². The Morgan fingerprint density at radius 2 is 1.71 bits per heavy atom. The molecule has 3 aliphatic rings. The molecule has 1 aliphatic carbocycles. The highest BCUT2D eigenvalue weighted by molar-refractivity contribution is 5.75. The Morgan fingerprint density at radius 1 is 1.11 bits per heavy atom. The second-order valence-electron chi connectivity index (χ2n) is 7.20. The van der Waals surface area contributed by atoms with Crippen LogP contribution in [0.3, 0.4) is 0 Å². The number of nitriles is 3. The maximum atomic E-state index is 9.57. The number of hydrogen-bond acceptors (Lipinski definition) is 6. The molecule has 2 heterocycles. The first-order chi connectivity index (χ1) is 13.5. The van der Waals surface area contributed by atoms with Gasteiger partial charge in [-0.1, -0.05) is 19.3 Å². The van der Waals surface area contributed by atoms with Gasteiger partial charge >= 0.3 is 0 Å². The van der Waals surface area contributed by atoms with E-state index in [-0.39, 0.29) is 22.7 Å². The number of likely N-dealkylation sites (N-methyl/N-ethyl adjacent to an activating group) is 1. The van der Waals surface area contributed by atoms with Gasteiger partial charge in [-0.15, -0.1) is 0 Å². The van der Waals surface area contributed by atoms with Gasteiger partial charge in [0.15, 0.2) is 0 Å². The van der Waals surface area contributed by atoms with E-state index in [0.29, 0.717) is 18.4 Å². The highest BCUT2D eigenvalue weighted by Gasteiger charge is 2.46. The average molecular weight is 379 g/mol. The van der Waals surface area contributed by atoms with Crippen molar-refractivity contribution in [2.75, 3.05) is 33.4 Å². The molecule has 1 spiro atoms. The Balaban J connectivity index is 0.000000336.